The van der Waals surface area contributed by atoms with Crippen LogP contribution in [0, 0.1) is 0 Å². The SMILES string of the molecule is NC1=CN=CC=C=N1. The van der Waals surface area contributed by atoms with Gasteiger partial charge in [-0.15, -0.1) is 0 Å². The molecule has 0 saturated carbocycles. The lowest BCUT2D eigenvalue weighted by atomic mass is 10.7. The van der Waals surface area contributed by atoms with Crippen LogP contribution in [-0.2, 0) is 0 Å². The van der Waals surface area contributed by atoms with Gasteiger partial charge in [0.25, 0.3) is 0 Å². The smallest absolute Gasteiger partial charge is 0.151 e. The van der Waals surface area contributed by atoms with E-state index in [0.29, 0.717) is 5.82 Å². The molecule has 1 aliphatic heterocycles. The second-order valence-corrected chi connectivity index (χ2v) is 1.26. The van der Waals surface area contributed by atoms with Crippen LogP contribution in [0.25, 0.3) is 0 Å². The zero-order chi connectivity index (χ0) is 5.82. The van der Waals surface area contributed by atoms with Crippen molar-refractivity contribution in [3.63, 3.8) is 0 Å². The van der Waals surface area contributed by atoms with E-state index in [1.165, 1.54) is 6.20 Å². The first-order valence-corrected chi connectivity index (χ1v) is 2.16. The molecule has 40 valence electrons. The standard InChI is InChI=1S/C5H5N3/c6-5-4-7-2-1-3-8-5/h1-2,4H,6H2. The highest BCUT2D eigenvalue weighted by atomic mass is 14.9. The van der Waals surface area contributed by atoms with E-state index < -0.39 is 0 Å². The molecular weight excluding hydrogens is 102 g/mol. The van der Waals surface area contributed by atoms with Crippen LogP contribution >= 0.6 is 0 Å². The van der Waals surface area contributed by atoms with Crippen LogP contribution in [0.4, 0.5) is 0 Å². The van der Waals surface area contributed by atoms with E-state index in [-0.39, 0.29) is 0 Å². The highest BCUT2D eigenvalue weighted by molar-refractivity contribution is 5.84. The minimum atomic E-state index is 0.384. The molecule has 0 spiro atoms. The van der Waals surface area contributed by atoms with Crippen LogP contribution in [0.3, 0.4) is 0 Å². The zero-order valence-electron chi connectivity index (χ0n) is 4.20. The van der Waals surface area contributed by atoms with Gasteiger partial charge in [-0.3, -0.25) is 4.99 Å². The molecule has 0 saturated heterocycles. The van der Waals surface area contributed by atoms with Gasteiger partial charge in [-0.2, -0.15) is 4.99 Å². The fourth-order valence-electron chi connectivity index (χ4n) is 0.336. The van der Waals surface area contributed by atoms with Crippen molar-refractivity contribution >= 4 is 12.1 Å². The number of hydrogen-bond donors (Lipinski definition) is 1. The predicted molar refractivity (Wildman–Crippen MR) is 32.8 cm³/mol. The van der Waals surface area contributed by atoms with Gasteiger partial charge in [0.05, 0.1) is 6.20 Å². The number of nitrogens with two attached hydrogens (primary N) is 1. The maximum absolute atomic E-state index is 5.23. The van der Waals surface area contributed by atoms with Crippen LogP contribution in [0.2, 0.25) is 0 Å². The van der Waals surface area contributed by atoms with Crippen molar-refractivity contribution in [2.24, 2.45) is 15.7 Å². The van der Waals surface area contributed by atoms with Crippen LogP contribution < -0.4 is 5.73 Å². The highest BCUT2D eigenvalue weighted by Gasteiger charge is 1.78. The van der Waals surface area contributed by atoms with Crippen molar-refractivity contribution in [1.29, 1.82) is 0 Å². The fourth-order valence-corrected chi connectivity index (χ4v) is 0.336. The highest BCUT2D eigenvalue weighted by Crippen LogP contribution is 1.85. The molecule has 3 nitrogen and oxygen atoms in total. The Bertz CT molecular complexity index is 194. The molecule has 1 heterocycles. The molecule has 0 aromatic carbocycles. The van der Waals surface area contributed by atoms with Gasteiger partial charge in [0.1, 0.15) is 0 Å². The average molecular weight is 107 g/mol. The summed E-state index contributed by atoms with van der Waals surface area (Å²) in [5.41, 5.74) is 5.23. The largest absolute Gasteiger partial charge is 0.382 e. The van der Waals surface area contributed by atoms with Crippen LogP contribution in [-0.4, -0.2) is 12.1 Å². The van der Waals surface area contributed by atoms with Crippen LogP contribution in [0.5, 0.6) is 0 Å². The van der Waals surface area contributed by atoms with Gasteiger partial charge in [0, 0.05) is 12.3 Å². The summed E-state index contributed by atoms with van der Waals surface area (Å²) < 4.78 is 0. The van der Waals surface area contributed by atoms with Crippen molar-refractivity contribution in [2.75, 3.05) is 0 Å². The topological polar surface area (TPSA) is 50.7 Å². The summed E-state index contributed by atoms with van der Waals surface area (Å²) in [6.07, 6.45) is 4.64. The Labute approximate surface area is 46.9 Å². The summed E-state index contributed by atoms with van der Waals surface area (Å²) in [5, 5.41) is 0. The Morgan fingerprint density at radius 1 is 1.62 bits per heavy atom. The van der Waals surface area contributed by atoms with Crippen LogP contribution in [0.15, 0.2) is 28.1 Å². The molecule has 0 aliphatic carbocycles. The number of rotatable bonds is 0. The summed E-state index contributed by atoms with van der Waals surface area (Å²) in [7, 11) is 0. The molecule has 0 unspecified atom stereocenters. The molecule has 0 radical (unpaired) electrons. The number of aliphatic imine (C=N–C) groups is 2. The lowest BCUT2D eigenvalue weighted by Crippen LogP contribution is -1.89. The quantitative estimate of drug-likeness (QED) is 0.467. The molecular formula is C5H5N3. The van der Waals surface area contributed by atoms with Crippen molar-refractivity contribution in [1.82, 2.24) is 0 Å². The summed E-state index contributed by atoms with van der Waals surface area (Å²) in [5.74, 6) is 2.94. The predicted octanol–water partition coefficient (Wildman–Crippen LogP) is 0.0543. The van der Waals surface area contributed by atoms with Crippen LogP contribution in [0.1, 0.15) is 0 Å². The van der Waals surface area contributed by atoms with E-state index in [1.54, 1.807) is 12.3 Å². The second kappa shape index (κ2) is 2.09. The van der Waals surface area contributed by atoms with Gasteiger partial charge in [-0.1, -0.05) is 0 Å². The number of allylic oxidation sites excluding steroid dienone is 1. The fraction of sp³-hybridized carbons (Fsp3) is 0. The molecule has 8 heavy (non-hydrogen) atoms. The van der Waals surface area contributed by atoms with Crippen molar-refractivity contribution in [3.8, 4) is 0 Å². The zero-order valence-corrected chi connectivity index (χ0v) is 4.20. The molecule has 0 atom stereocenters. The minimum absolute atomic E-state index is 0.384. The Hall–Kier alpha value is -1.34. The van der Waals surface area contributed by atoms with E-state index in [4.69, 9.17) is 5.73 Å². The van der Waals surface area contributed by atoms with E-state index in [2.05, 4.69) is 15.9 Å². The van der Waals surface area contributed by atoms with Crippen molar-refractivity contribution in [2.45, 2.75) is 0 Å². The van der Waals surface area contributed by atoms with E-state index in [0.717, 1.165) is 0 Å². The minimum Gasteiger partial charge on any atom is -0.382 e. The van der Waals surface area contributed by atoms with E-state index >= 15 is 0 Å². The first kappa shape index (κ1) is 4.81. The maximum atomic E-state index is 5.23. The molecule has 0 amide bonds. The summed E-state index contributed by atoms with van der Waals surface area (Å²) in [4.78, 5) is 7.36. The molecule has 1 rings (SSSR count). The third-order valence-corrected chi connectivity index (χ3v) is 0.636. The first-order chi connectivity index (χ1) is 3.89. The number of hydrogen-bond acceptors (Lipinski definition) is 3. The second-order valence-electron chi connectivity index (χ2n) is 1.26. The molecule has 0 aromatic heterocycles. The van der Waals surface area contributed by atoms with Crippen molar-refractivity contribution < 1.29 is 0 Å². The molecule has 2 N–H and O–H groups in total. The first-order valence-electron chi connectivity index (χ1n) is 2.16. The Morgan fingerprint density at radius 3 is 3.38 bits per heavy atom. The van der Waals surface area contributed by atoms with Crippen molar-refractivity contribution in [3.05, 3.63) is 18.1 Å². The Kier molecular flexibility index (Phi) is 1.26. The molecule has 0 fully saturated rings. The molecule has 1 aliphatic rings. The Balaban J connectivity index is 2.94. The third-order valence-electron chi connectivity index (χ3n) is 0.636. The number of nitrogens with zero attached hydrogens (tertiary/aromatic N) is 2. The van der Waals surface area contributed by atoms with Gasteiger partial charge < -0.3 is 5.73 Å². The maximum Gasteiger partial charge on any atom is 0.151 e. The lowest BCUT2D eigenvalue weighted by Gasteiger charge is -1.79. The summed E-state index contributed by atoms with van der Waals surface area (Å²) >= 11 is 0. The lowest BCUT2D eigenvalue weighted by molar-refractivity contribution is 1.23. The van der Waals surface area contributed by atoms with Gasteiger partial charge in [0.15, 0.2) is 5.82 Å². The molecule has 0 bridgehead atoms. The molecule has 0 aromatic rings. The molecule has 3 heteroatoms. The normalized spacial score (nSPS) is 15.8. The van der Waals surface area contributed by atoms with E-state index in [1.807, 2.05) is 0 Å². The summed E-state index contributed by atoms with van der Waals surface area (Å²) in [6, 6.07) is 0. The van der Waals surface area contributed by atoms with Gasteiger partial charge >= 0.3 is 0 Å². The third kappa shape index (κ3) is 1.06. The van der Waals surface area contributed by atoms with Gasteiger partial charge in [-0.25, -0.2) is 0 Å². The average Bonchev–Trinajstić information content (AvgIpc) is 1.94. The van der Waals surface area contributed by atoms with E-state index in [9.17, 15) is 0 Å². The summed E-state index contributed by atoms with van der Waals surface area (Å²) in [6.45, 7) is 0. The van der Waals surface area contributed by atoms with Gasteiger partial charge in [0.2, 0.25) is 0 Å². The van der Waals surface area contributed by atoms with Gasteiger partial charge in [-0.05, 0) is 5.87 Å². The Morgan fingerprint density at radius 2 is 2.50 bits per heavy atom. The monoisotopic (exact) mass is 107 g/mol.